The predicted molar refractivity (Wildman–Crippen MR) is 83.4 cm³/mol. The summed E-state index contributed by atoms with van der Waals surface area (Å²) in [5.74, 6) is 0.874. The first kappa shape index (κ1) is 13.6. The predicted octanol–water partition coefficient (Wildman–Crippen LogP) is 2.57. The summed E-state index contributed by atoms with van der Waals surface area (Å²) in [7, 11) is 4.06. The molecule has 0 radical (unpaired) electrons. The number of rotatable bonds is 5. The highest BCUT2D eigenvalue weighted by Crippen LogP contribution is 2.26. The molecule has 0 unspecified atom stereocenters. The molecule has 3 aromatic rings. The second-order valence-corrected chi connectivity index (χ2v) is 5.15. The summed E-state index contributed by atoms with van der Waals surface area (Å²) >= 11 is 0. The first-order valence-corrected chi connectivity index (χ1v) is 6.91. The van der Waals surface area contributed by atoms with Crippen molar-refractivity contribution in [3.63, 3.8) is 0 Å². The lowest BCUT2D eigenvalue weighted by molar-refractivity contribution is 0.261. The van der Waals surface area contributed by atoms with Gasteiger partial charge in [0.15, 0.2) is 5.65 Å². The van der Waals surface area contributed by atoms with Crippen LogP contribution in [-0.4, -0.2) is 47.3 Å². The highest BCUT2D eigenvalue weighted by molar-refractivity contribution is 5.90. The van der Waals surface area contributed by atoms with Crippen LogP contribution in [0.15, 0.2) is 42.6 Å². The van der Waals surface area contributed by atoms with Gasteiger partial charge in [-0.05, 0) is 50.5 Å². The van der Waals surface area contributed by atoms with Crippen LogP contribution in [0.5, 0.6) is 5.75 Å². The SMILES string of the molecule is CN(C)CCOc1ccc(-c2n[nH]c3ncccc23)cc1. The van der Waals surface area contributed by atoms with Gasteiger partial charge in [0, 0.05) is 23.7 Å². The van der Waals surface area contributed by atoms with Crippen LogP contribution >= 0.6 is 0 Å². The number of pyridine rings is 1. The number of nitrogens with zero attached hydrogens (tertiary/aromatic N) is 3. The van der Waals surface area contributed by atoms with Crippen LogP contribution in [0.25, 0.3) is 22.3 Å². The van der Waals surface area contributed by atoms with E-state index in [0.717, 1.165) is 34.6 Å². The van der Waals surface area contributed by atoms with Crippen molar-refractivity contribution in [2.45, 2.75) is 0 Å². The average Bonchev–Trinajstić information content (AvgIpc) is 2.92. The van der Waals surface area contributed by atoms with Gasteiger partial charge in [-0.2, -0.15) is 5.10 Å². The number of H-pyrrole nitrogens is 1. The lowest BCUT2D eigenvalue weighted by atomic mass is 10.1. The number of hydrogen-bond acceptors (Lipinski definition) is 4. The van der Waals surface area contributed by atoms with Crippen LogP contribution in [-0.2, 0) is 0 Å². The van der Waals surface area contributed by atoms with Gasteiger partial charge in [0.05, 0.1) is 0 Å². The van der Waals surface area contributed by atoms with Gasteiger partial charge in [-0.3, -0.25) is 5.10 Å². The highest BCUT2D eigenvalue weighted by Gasteiger charge is 2.08. The van der Waals surface area contributed by atoms with E-state index in [1.54, 1.807) is 6.20 Å². The molecule has 5 nitrogen and oxygen atoms in total. The molecule has 5 heteroatoms. The third-order valence-electron chi connectivity index (χ3n) is 3.27. The first-order chi connectivity index (χ1) is 10.2. The Hall–Kier alpha value is -2.40. The Morgan fingerprint density at radius 2 is 1.95 bits per heavy atom. The van der Waals surface area contributed by atoms with Crippen LogP contribution in [0.4, 0.5) is 0 Å². The maximum atomic E-state index is 5.69. The zero-order valence-corrected chi connectivity index (χ0v) is 12.2. The quantitative estimate of drug-likeness (QED) is 0.781. The van der Waals surface area contributed by atoms with Crippen molar-refractivity contribution in [2.75, 3.05) is 27.2 Å². The number of fused-ring (bicyclic) bond motifs is 1. The molecule has 0 fully saturated rings. The summed E-state index contributed by atoms with van der Waals surface area (Å²) in [5.41, 5.74) is 2.77. The standard InChI is InChI=1S/C16H18N4O/c1-20(2)10-11-21-13-7-5-12(6-8-13)15-14-4-3-9-17-16(14)19-18-15/h3-9H,10-11H2,1-2H3,(H,17,18,19). The molecule has 0 aliphatic heterocycles. The van der Waals surface area contributed by atoms with Crippen LogP contribution < -0.4 is 4.74 Å². The van der Waals surface area contributed by atoms with Crippen molar-refractivity contribution in [3.8, 4) is 17.0 Å². The van der Waals surface area contributed by atoms with Gasteiger partial charge in [0.1, 0.15) is 18.1 Å². The Balaban J connectivity index is 1.78. The van der Waals surface area contributed by atoms with Crippen molar-refractivity contribution in [3.05, 3.63) is 42.6 Å². The smallest absolute Gasteiger partial charge is 0.155 e. The minimum Gasteiger partial charge on any atom is -0.492 e. The van der Waals surface area contributed by atoms with E-state index in [4.69, 9.17) is 4.74 Å². The lowest BCUT2D eigenvalue weighted by Gasteiger charge is -2.11. The maximum absolute atomic E-state index is 5.69. The molecule has 0 saturated carbocycles. The fourth-order valence-electron chi connectivity index (χ4n) is 2.13. The Bertz CT molecular complexity index is 718. The zero-order valence-electron chi connectivity index (χ0n) is 12.2. The number of benzene rings is 1. The highest BCUT2D eigenvalue weighted by atomic mass is 16.5. The molecule has 0 aliphatic rings. The van der Waals surface area contributed by atoms with E-state index in [1.165, 1.54) is 0 Å². The van der Waals surface area contributed by atoms with Crippen molar-refractivity contribution in [1.29, 1.82) is 0 Å². The maximum Gasteiger partial charge on any atom is 0.155 e. The van der Waals surface area contributed by atoms with E-state index in [1.807, 2.05) is 50.5 Å². The Kier molecular flexibility index (Phi) is 3.83. The number of hydrogen-bond donors (Lipinski definition) is 1. The number of aromatic nitrogens is 3. The fourth-order valence-corrected chi connectivity index (χ4v) is 2.13. The molecule has 108 valence electrons. The molecule has 1 aromatic carbocycles. The molecule has 0 atom stereocenters. The molecule has 0 spiro atoms. The molecule has 1 N–H and O–H groups in total. The minimum absolute atomic E-state index is 0.682. The molecular formula is C16H18N4O. The number of nitrogens with one attached hydrogen (secondary N) is 1. The van der Waals surface area contributed by atoms with Crippen LogP contribution in [0, 0.1) is 0 Å². The summed E-state index contributed by atoms with van der Waals surface area (Å²) in [4.78, 5) is 6.35. The average molecular weight is 282 g/mol. The molecule has 3 rings (SSSR count). The minimum atomic E-state index is 0.682. The van der Waals surface area contributed by atoms with Gasteiger partial charge >= 0.3 is 0 Å². The Morgan fingerprint density at radius 1 is 1.14 bits per heavy atom. The van der Waals surface area contributed by atoms with Crippen molar-refractivity contribution in [2.24, 2.45) is 0 Å². The lowest BCUT2D eigenvalue weighted by Crippen LogP contribution is -2.19. The largest absolute Gasteiger partial charge is 0.492 e. The fraction of sp³-hybridized carbons (Fsp3) is 0.250. The Labute approximate surface area is 123 Å². The van der Waals surface area contributed by atoms with Crippen molar-refractivity contribution in [1.82, 2.24) is 20.1 Å². The van der Waals surface area contributed by atoms with E-state index >= 15 is 0 Å². The third kappa shape index (κ3) is 3.03. The summed E-state index contributed by atoms with van der Waals surface area (Å²) in [6.07, 6.45) is 1.76. The number of aromatic amines is 1. The summed E-state index contributed by atoms with van der Waals surface area (Å²) in [5, 5.41) is 8.32. The topological polar surface area (TPSA) is 54.0 Å². The number of ether oxygens (including phenoxy) is 1. The summed E-state index contributed by atoms with van der Waals surface area (Å²) in [6.45, 7) is 1.58. The third-order valence-corrected chi connectivity index (χ3v) is 3.27. The van der Waals surface area contributed by atoms with Crippen LogP contribution in [0.3, 0.4) is 0 Å². The van der Waals surface area contributed by atoms with Gasteiger partial charge in [-0.15, -0.1) is 0 Å². The molecule has 2 aromatic heterocycles. The first-order valence-electron chi connectivity index (χ1n) is 6.91. The van der Waals surface area contributed by atoms with E-state index in [9.17, 15) is 0 Å². The van der Waals surface area contributed by atoms with E-state index in [0.29, 0.717) is 6.61 Å². The molecule has 0 aliphatic carbocycles. The number of likely N-dealkylation sites (N-methyl/N-ethyl adjacent to an activating group) is 1. The van der Waals surface area contributed by atoms with Gasteiger partial charge in [0.2, 0.25) is 0 Å². The molecular weight excluding hydrogens is 264 g/mol. The van der Waals surface area contributed by atoms with Crippen molar-refractivity contribution < 1.29 is 4.74 Å². The van der Waals surface area contributed by atoms with E-state index in [-0.39, 0.29) is 0 Å². The van der Waals surface area contributed by atoms with Gasteiger partial charge in [-0.25, -0.2) is 4.98 Å². The second kappa shape index (κ2) is 5.93. The van der Waals surface area contributed by atoms with Crippen LogP contribution in [0.1, 0.15) is 0 Å². The van der Waals surface area contributed by atoms with Crippen LogP contribution in [0.2, 0.25) is 0 Å². The van der Waals surface area contributed by atoms with Crippen molar-refractivity contribution >= 4 is 11.0 Å². The zero-order chi connectivity index (χ0) is 14.7. The van der Waals surface area contributed by atoms with Gasteiger partial charge < -0.3 is 9.64 Å². The van der Waals surface area contributed by atoms with Gasteiger partial charge in [-0.1, -0.05) is 0 Å². The molecule has 0 bridgehead atoms. The van der Waals surface area contributed by atoms with Gasteiger partial charge in [0.25, 0.3) is 0 Å². The summed E-state index contributed by atoms with van der Waals surface area (Å²) < 4.78 is 5.69. The summed E-state index contributed by atoms with van der Waals surface area (Å²) in [6, 6.07) is 11.9. The second-order valence-electron chi connectivity index (χ2n) is 5.15. The molecule has 21 heavy (non-hydrogen) atoms. The Morgan fingerprint density at radius 3 is 2.71 bits per heavy atom. The molecule has 0 amide bonds. The molecule has 2 heterocycles. The van der Waals surface area contributed by atoms with E-state index < -0.39 is 0 Å². The van der Waals surface area contributed by atoms with E-state index in [2.05, 4.69) is 20.1 Å². The molecule has 0 saturated heterocycles. The normalized spacial score (nSPS) is 11.2. The monoisotopic (exact) mass is 282 g/mol.